The van der Waals surface area contributed by atoms with Gasteiger partial charge in [-0.25, -0.2) is 0 Å². The zero-order chi connectivity index (χ0) is 43.2. The molecule has 1 unspecified atom stereocenters. The highest BCUT2D eigenvalue weighted by atomic mass is 15.2. The largest absolute Gasteiger partial charge is 0.334 e. The molecule has 0 spiro atoms. The average molecular weight is 816 g/mol. The maximum Gasteiger partial charge on any atom is 0.0566 e. The van der Waals surface area contributed by atoms with Crippen molar-refractivity contribution in [2.24, 2.45) is 0 Å². The molecule has 0 aromatic heterocycles. The van der Waals surface area contributed by atoms with Crippen LogP contribution >= 0.6 is 0 Å². The lowest BCUT2D eigenvalue weighted by Gasteiger charge is -2.35. The van der Waals surface area contributed by atoms with E-state index in [0.29, 0.717) is 0 Å². The molecule has 3 nitrogen and oxygen atoms in total. The monoisotopic (exact) mass is 815 g/mol. The molecule has 0 radical (unpaired) electrons. The summed E-state index contributed by atoms with van der Waals surface area (Å²) in [6.45, 7) is 12.9. The summed E-state index contributed by atoms with van der Waals surface area (Å²) in [5, 5.41) is 5.03. The molecule has 10 rings (SSSR count). The Labute approximate surface area is 372 Å². The van der Waals surface area contributed by atoms with Gasteiger partial charge in [-0.2, -0.15) is 0 Å². The van der Waals surface area contributed by atoms with Gasteiger partial charge in [0.15, 0.2) is 0 Å². The molecule has 63 heavy (non-hydrogen) atoms. The predicted molar refractivity (Wildman–Crippen MR) is 271 cm³/mol. The van der Waals surface area contributed by atoms with Gasteiger partial charge >= 0.3 is 0 Å². The fourth-order valence-electron chi connectivity index (χ4n) is 9.28. The first-order chi connectivity index (χ1) is 30.7. The van der Waals surface area contributed by atoms with Gasteiger partial charge in [-0.3, -0.25) is 0 Å². The Kier molecular flexibility index (Phi) is 10.4. The number of aryl methyl sites for hydroxylation is 6. The second-order valence-electron chi connectivity index (χ2n) is 17.5. The van der Waals surface area contributed by atoms with Crippen LogP contribution in [0.1, 0.15) is 44.5 Å². The Morgan fingerprint density at radius 2 is 0.635 bits per heavy atom. The van der Waals surface area contributed by atoms with Gasteiger partial charge < -0.3 is 14.7 Å². The maximum atomic E-state index is 2.52. The molecule has 0 amide bonds. The van der Waals surface area contributed by atoms with E-state index in [-0.39, 0.29) is 6.04 Å². The smallest absolute Gasteiger partial charge is 0.0566 e. The highest BCUT2D eigenvalue weighted by Gasteiger charge is 2.27. The minimum absolute atomic E-state index is 0.0969. The first kappa shape index (κ1) is 39.8. The second kappa shape index (κ2) is 16.5. The van der Waals surface area contributed by atoms with Crippen molar-refractivity contribution in [3.05, 3.63) is 233 Å². The Morgan fingerprint density at radius 3 is 1.02 bits per heavy atom. The Hall–Kier alpha value is -7.36. The van der Waals surface area contributed by atoms with Crippen LogP contribution in [0.5, 0.6) is 0 Å². The highest BCUT2D eigenvalue weighted by molar-refractivity contribution is 6.15. The number of fused-ring (bicyclic) bond motifs is 6. The summed E-state index contributed by atoms with van der Waals surface area (Å²) in [4.78, 5) is 7.31. The molecule has 9 aromatic rings. The van der Waals surface area contributed by atoms with E-state index < -0.39 is 0 Å². The van der Waals surface area contributed by atoms with E-state index in [1.165, 1.54) is 77.4 Å². The highest BCUT2D eigenvalue weighted by Crippen LogP contribution is 2.45. The van der Waals surface area contributed by atoms with Crippen LogP contribution in [-0.2, 0) is 6.42 Å². The molecule has 0 saturated carbocycles. The lowest BCUT2D eigenvalue weighted by Crippen LogP contribution is -2.33. The zero-order valence-electron chi connectivity index (χ0n) is 37.1. The fraction of sp³-hybridized carbons (Fsp3) is 0.133. The summed E-state index contributed by atoms with van der Waals surface area (Å²) >= 11 is 0. The Bertz CT molecular complexity index is 2970. The number of nitrogens with zero attached hydrogens (tertiary/aromatic N) is 3. The molecule has 308 valence electrons. The molecule has 9 aromatic carbocycles. The van der Waals surface area contributed by atoms with E-state index in [4.69, 9.17) is 0 Å². The number of anilines is 8. The average Bonchev–Trinajstić information content (AvgIpc) is 3.30. The zero-order valence-corrected chi connectivity index (χ0v) is 37.1. The molecule has 1 atom stereocenters. The molecule has 1 aliphatic carbocycles. The predicted octanol–water partition coefficient (Wildman–Crippen LogP) is 16.6. The van der Waals surface area contributed by atoms with Gasteiger partial charge in [-0.1, -0.05) is 130 Å². The van der Waals surface area contributed by atoms with Crippen LogP contribution in [0.4, 0.5) is 45.5 Å². The summed E-state index contributed by atoms with van der Waals surface area (Å²) in [5.74, 6) is 0. The third-order valence-corrected chi connectivity index (χ3v) is 12.8. The van der Waals surface area contributed by atoms with E-state index in [0.717, 1.165) is 40.5 Å². The fourth-order valence-corrected chi connectivity index (χ4v) is 9.28. The number of benzene rings is 9. The molecule has 0 heterocycles. The molecule has 0 N–H and O–H groups in total. The van der Waals surface area contributed by atoms with Crippen molar-refractivity contribution in [3.8, 4) is 0 Å². The molecule has 0 fully saturated rings. The normalized spacial score (nSPS) is 13.3. The standard InChI is InChI=1S/C60H53N3/c1-40-7-19-46(20-8-40)61(47-21-9-41(2)10-22-47)52-31-34-55-58(37-52)56-35-32-53(62(48-23-11-42(3)12-24-48)49-25-13-43(4)14-26-49)39-60(56)57-36-33-54(38-59(55)57)63(50-27-15-44(5)16-28-50)51-29-17-45(6)18-30-51/h7-38,53H,39H2,1-6H3. The van der Waals surface area contributed by atoms with E-state index in [2.05, 4.69) is 250 Å². The van der Waals surface area contributed by atoms with Gasteiger partial charge in [0, 0.05) is 45.5 Å². The first-order valence-corrected chi connectivity index (χ1v) is 22.2. The van der Waals surface area contributed by atoms with Crippen LogP contribution < -0.4 is 14.7 Å². The molecule has 0 bridgehead atoms. The van der Waals surface area contributed by atoms with Crippen molar-refractivity contribution < 1.29 is 0 Å². The van der Waals surface area contributed by atoms with Gasteiger partial charge in [0.25, 0.3) is 0 Å². The van der Waals surface area contributed by atoms with Crippen LogP contribution in [0.2, 0.25) is 0 Å². The van der Waals surface area contributed by atoms with Crippen molar-refractivity contribution in [2.75, 3.05) is 14.7 Å². The van der Waals surface area contributed by atoms with E-state index >= 15 is 0 Å². The lowest BCUT2D eigenvalue weighted by atomic mass is 9.84. The van der Waals surface area contributed by atoms with Crippen LogP contribution in [0.3, 0.4) is 0 Å². The number of hydrogen-bond acceptors (Lipinski definition) is 3. The molecule has 3 heteroatoms. The quantitative estimate of drug-likeness (QED) is 0.134. The Morgan fingerprint density at radius 1 is 0.317 bits per heavy atom. The number of rotatable bonds is 9. The molecule has 0 aliphatic heterocycles. The van der Waals surface area contributed by atoms with Crippen LogP contribution in [0.15, 0.2) is 188 Å². The molecular formula is C60H53N3. The summed E-state index contributed by atoms with van der Waals surface area (Å²) in [7, 11) is 0. The van der Waals surface area contributed by atoms with E-state index in [9.17, 15) is 0 Å². The Balaban J connectivity index is 1.20. The van der Waals surface area contributed by atoms with Gasteiger partial charge in [-0.05, 0) is 178 Å². The van der Waals surface area contributed by atoms with Crippen molar-refractivity contribution in [1.29, 1.82) is 0 Å². The third kappa shape index (κ3) is 7.76. The van der Waals surface area contributed by atoms with Crippen molar-refractivity contribution in [3.63, 3.8) is 0 Å². The first-order valence-electron chi connectivity index (χ1n) is 22.2. The van der Waals surface area contributed by atoms with Crippen LogP contribution in [-0.4, -0.2) is 6.04 Å². The van der Waals surface area contributed by atoms with Gasteiger partial charge in [0.1, 0.15) is 0 Å². The van der Waals surface area contributed by atoms with E-state index in [1.807, 2.05) is 0 Å². The van der Waals surface area contributed by atoms with E-state index in [1.54, 1.807) is 0 Å². The summed E-state index contributed by atoms with van der Waals surface area (Å²) in [6.07, 6.45) is 5.69. The third-order valence-electron chi connectivity index (χ3n) is 12.8. The minimum atomic E-state index is 0.0969. The summed E-state index contributed by atoms with van der Waals surface area (Å²) in [5.41, 5.74) is 19.3. The summed E-state index contributed by atoms with van der Waals surface area (Å²) in [6, 6.07) is 67.9. The van der Waals surface area contributed by atoms with Crippen LogP contribution in [0, 0.1) is 41.5 Å². The maximum absolute atomic E-state index is 2.52. The molecule has 1 aliphatic rings. The van der Waals surface area contributed by atoms with Crippen LogP contribution in [0.25, 0.3) is 27.6 Å². The SMILES string of the molecule is Cc1ccc(N(c2ccc(C)cc2)c2ccc3c(c2)c2c(c4ccc(N(c5ccc(C)cc5)c5ccc(C)cc5)cc43)CC(N(c3ccc(C)cc3)c3ccc(C)cc3)C=C2)cc1. The lowest BCUT2D eigenvalue weighted by molar-refractivity contribution is 0.771. The minimum Gasteiger partial charge on any atom is -0.334 e. The van der Waals surface area contributed by atoms with Gasteiger partial charge in [0.05, 0.1) is 6.04 Å². The van der Waals surface area contributed by atoms with Crippen molar-refractivity contribution >= 4 is 73.1 Å². The molecular weight excluding hydrogens is 763 g/mol. The van der Waals surface area contributed by atoms with Gasteiger partial charge in [-0.15, -0.1) is 0 Å². The topological polar surface area (TPSA) is 9.72 Å². The van der Waals surface area contributed by atoms with Crippen molar-refractivity contribution in [1.82, 2.24) is 0 Å². The van der Waals surface area contributed by atoms with Gasteiger partial charge in [0.2, 0.25) is 0 Å². The second-order valence-corrected chi connectivity index (χ2v) is 17.5. The number of hydrogen-bond donors (Lipinski definition) is 0. The molecule has 0 saturated heterocycles. The van der Waals surface area contributed by atoms with Crippen molar-refractivity contribution in [2.45, 2.75) is 54.0 Å². The summed E-state index contributed by atoms with van der Waals surface area (Å²) < 4.78 is 0.